The zero-order valence-corrected chi connectivity index (χ0v) is 25.0. The highest BCUT2D eigenvalue weighted by Crippen LogP contribution is 2.61. The van der Waals surface area contributed by atoms with Crippen LogP contribution in [0.15, 0.2) is 146 Å². The molecule has 0 aliphatic heterocycles. The van der Waals surface area contributed by atoms with E-state index in [1.807, 2.05) is 6.07 Å². The normalized spacial score (nSPS) is 13.4. The second-order valence-corrected chi connectivity index (χ2v) is 12.7. The van der Waals surface area contributed by atoms with Crippen molar-refractivity contribution in [1.82, 2.24) is 0 Å². The number of halogens is 1. The van der Waals surface area contributed by atoms with E-state index < -0.39 is 5.41 Å². The maximum Gasteiger partial charge on any atom is 0.0720 e. The minimum Gasteiger partial charge on any atom is -0.0843 e. The molecule has 1 aliphatic carbocycles. The van der Waals surface area contributed by atoms with Crippen LogP contribution >= 0.6 is 11.6 Å². The van der Waals surface area contributed by atoms with Gasteiger partial charge in [-0.3, -0.25) is 0 Å². The largest absolute Gasteiger partial charge is 0.0843 e. The van der Waals surface area contributed by atoms with Gasteiger partial charge >= 0.3 is 0 Å². The lowest BCUT2D eigenvalue weighted by Crippen LogP contribution is -2.29. The Morgan fingerprint density at radius 1 is 0.500 bits per heavy atom. The average Bonchev–Trinajstić information content (AvgIpc) is 3.32. The minimum atomic E-state index is -0.551. The molecule has 0 heterocycles. The van der Waals surface area contributed by atoms with Gasteiger partial charge in [0.25, 0.3) is 0 Å². The molecule has 7 rings (SSSR count). The first kappa shape index (κ1) is 26.5. The number of hydrogen-bond acceptors (Lipinski definition) is 0. The van der Waals surface area contributed by atoms with Crippen molar-refractivity contribution in [2.24, 2.45) is 0 Å². The Morgan fingerprint density at radius 2 is 1.00 bits per heavy atom. The molecule has 0 saturated carbocycles. The van der Waals surface area contributed by atoms with Gasteiger partial charge in [0.15, 0.2) is 0 Å². The van der Waals surface area contributed by atoms with E-state index in [0.29, 0.717) is 0 Å². The maximum absolute atomic E-state index is 6.84. The van der Waals surface area contributed by atoms with Crippen LogP contribution in [0.5, 0.6) is 0 Å². The Kier molecular flexibility index (Phi) is 6.41. The van der Waals surface area contributed by atoms with Crippen LogP contribution in [0.3, 0.4) is 0 Å². The van der Waals surface area contributed by atoms with Gasteiger partial charge in [-0.25, -0.2) is 0 Å². The van der Waals surface area contributed by atoms with Crippen molar-refractivity contribution in [3.63, 3.8) is 0 Å². The van der Waals surface area contributed by atoms with E-state index in [-0.39, 0.29) is 5.41 Å². The van der Waals surface area contributed by atoms with Crippen LogP contribution in [0.4, 0.5) is 0 Å². The molecule has 204 valence electrons. The van der Waals surface area contributed by atoms with Crippen LogP contribution in [0.25, 0.3) is 33.4 Å². The predicted octanol–water partition coefficient (Wildman–Crippen LogP) is 11.3. The summed E-state index contributed by atoms with van der Waals surface area (Å²) in [6, 6.07) is 52.9. The standard InChI is InChI=1S/C41H33Cl/c1-40(2,3)30-21-19-29(20-22-30)34-25-26-35(28-13-7-4-8-14-28)39-38(34)36-24-23-33(42)27-37(36)41(39,31-15-9-5-10-16-31)32-17-11-6-12-18-32/h4-27H,1-3H3. The molecule has 1 heteroatoms. The lowest BCUT2D eigenvalue weighted by Gasteiger charge is -2.35. The molecule has 0 atom stereocenters. The van der Waals surface area contributed by atoms with Gasteiger partial charge in [-0.05, 0) is 78.7 Å². The molecule has 0 spiro atoms. The monoisotopic (exact) mass is 560 g/mol. The van der Waals surface area contributed by atoms with Crippen LogP contribution in [-0.2, 0) is 10.8 Å². The summed E-state index contributed by atoms with van der Waals surface area (Å²) >= 11 is 6.84. The van der Waals surface area contributed by atoms with E-state index in [4.69, 9.17) is 11.6 Å². The zero-order chi connectivity index (χ0) is 28.9. The van der Waals surface area contributed by atoms with Crippen LogP contribution < -0.4 is 0 Å². The van der Waals surface area contributed by atoms with Gasteiger partial charge < -0.3 is 0 Å². The highest BCUT2D eigenvalue weighted by atomic mass is 35.5. The second kappa shape index (κ2) is 10.2. The highest BCUT2D eigenvalue weighted by Gasteiger charge is 2.48. The Morgan fingerprint density at radius 3 is 1.57 bits per heavy atom. The third-order valence-electron chi connectivity index (χ3n) is 8.80. The first-order valence-corrected chi connectivity index (χ1v) is 15.0. The van der Waals surface area contributed by atoms with Crippen molar-refractivity contribution < 1.29 is 0 Å². The fraction of sp³-hybridized carbons (Fsp3) is 0.122. The Bertz CT molecular complexity index is 1840. The third kappa shape index (κ3) is 4.13. The second-order valence-electron chi connectivity index (χ2n) is 12.3. The van der Waals surface area contributed by atoms with E-state index >= 15 is 0 Å². The summed E-state index contributed by atoms with van der Waals surface area (Å²) in [5, 5.41) is 0.745. The van der Waals surface area contributed by atoms with E-state index in [1.165, 1.54) is 61.2 Å². The molecular formula is C41H33Cl. The van der Waals surface area contributed by atoms with Gasteiger partial charge in [0.05, 0.1) is 5.41 Å². The van der Waals surface area contributed by atoms with Crippen molar-refractivity contribution in [2.45, 2.75) is 31.6 Å². The first-order valence-electron chi connectivity index (χ1n) is 14.6. The lowest BCUT2D eigenvalue weighted by atomic mass is 9.66. The molecule has 0 saturated heterocycles. The number of benzene rings is 6. The molecular weight excluding hydrogens is 528 g/mol. The van der Waals surface area contributed by atoms with Crippen LogP contribution in [0.1, 0.15) is 48.6 Å². The van der Waals surface area contributed by atoms with Crippen molar-refractivity contribution >= 4 is 11.6 Å². The molecule has 0 radical (unpaired) electrons. The minimum absolute atomic E-state index is 0.0940. The Labute approximate surface area is 254 Å². The zero-order valence-electron chi connectivity index (χ0n) is 24.2. The highest BCUT2D eigenvalue weighted by molar-refractivity contribution is 6.31. The van der Waals surface area contributed by atoms with Gasteiger partial charge in [0.1, 0.15) is 0 Å². The topological polar surface area (TPSA) is 0 Å². The van der Waals surface area contributed by atoms with Crippen LogP contribution in [0, 0.1) is 0 Å². The van der Waals surface area contributed by atoms with Crippen molar-refractivity contribution in [1.29, 1.82) is 0 Å². The smallest absolute Gasteiger partial charge is 0.0720 e. The van der Waals surface area contributed by atoms with E-state index in [0.717, 1.165) is 5.02 Å². The van der Waals surface area contributed by atoms with E-state index in [2.05, 4.69) is 160 Å². The Balaban J connectivity index is 1.66. The van der Waals surface area contributed by atoms with Crippen molar-refractivity contribution in [2.75, 3.05) is 0 Å². The summed E-state index contributed by atoms with van der Waals surface area (Å²) in [6.07, 6.45) is 0. The van der Waals surface area contributed by atoms with E-state index in [9.17, 15) is 0 Å². The number of rotatable bonds is 4. The summed E-state index contributed by atoms with van der Waals surface area (Å²) in [4.78, 5) is 0. The van der Waals surface area contributed by atoms with Gasteiger partial charge in [-0.1, -0.05) is 166 Å². The lowest BCUT2D eigenvalue weighted by molar-refractivity contribution is 0.590. The molecule has 0 aromatic heterocycles. The van der Waals surface area contributed by atoms with E-state index in [1.54, 1.807) is 0 Å². The molecule has 0 nitrogen and oxygen atoms in total. The summed E-state index contributed by atoms with van der Waals surface area (Å²) < 4.78 is 0. The number of fused-ring (bicyclic) bond motifs is 3. The third-order valence-corrected chi connectivity index (χ3v) is 9.03. The van der Waals surface area contributed by atoms with Crippen molar-refractivity contribution in [3.8, 4) is 33.4 Å². The van der Waals surface area contributed by atoms with Crippen LogP contribution in [0.2, 0.25) is 5.02 Å². The van der Waals surface area contributed by atoms with Crippen LogP contribution in [-0.4, -0.2) is 0 Å². The summed E-state index contributed by atoms with van der Waals surface area (Å²) in [7, 11) is 0. The fourth-order valence-corrected chi connectivity index (χ4v) is 7.01. The molecule has 1 aliphatic rings. The molecule has 0 unspecified atom stereocenters. The number of hydrogen-bond donors (Lipinski definition) is 0. The average molecular weight is 561 g/mol. The molecule has 6 aromatic rings. The first-order chi connectivity index (χ1) is 20.4. The quantitative estimate of drug-likeness (QED) is 0.201. The van der Waals surface area contributed by atoms with Gasteiger partial charge in [0.2, 0.25) is 0 Å². The SMILES string of the molecule is CC(C)(C)c1ccc(-c2ccc(-c3ccccc3)c3c2-c2ccc(Cl)cc2C3(c2ccccc2)c2ccccc2)cc1. The maximum atomic E-state index is 6.84. The summed E-state index contributed by atoms with van der Waals surface area (Å²) in [6.45, 7) is 6.80. The molecule has 42 heavy (non-hydrogen) atoms. The predicted molar refractivity (Wildman–Crippen MR) is 178 cm³/mol. The van der Waals surface area contributed by atoms with Gasteiger partial charge in [-0.15, -0.1) is 0 Å². The molecule has 0 fully saturated rings. The molecule has 0 bridgehead atoms. The molecule has 6 aromatic carbocycles. The summed E-state index contributed by atoms with van der Waals surface area (Å²) in [5.41, 5.74) is 13.3. The fourth-order valence-electron chi connectivity index (χ4n) is 6.84. The summed E-state index contributed by atoms with van der Waals surface area (Å²) in [5.74, 6) is 0. The van der Waals surface area contributed by atoms with Crippen molar-refractivity contribution in [3.05, 3.63) is 178 Å². The molecule has 0 N–H and O–H groups in total. The molecule has 0 amide bonds. The Hall–Kier alpha value is -4.39. The van der Waals surface area contributed by atoms with Gasteiger partial charge in [-0.2, -0.15) is 0 Å². The van der Waals surface area contributed by atoms with Gasteiger partial charge in [0, 0.05) is 5.02 Å².